The van der Waals surface area contributed by atoms with Crippen LogP contribution in [-0.4, -0.2) is 19.3 Å². The van der Waals surface area contributed by atoms with Crippen molar-refractivity contribution in [3.63, 3.8) is 0 Å². The van der Waals surface area contributed by atoms with E-state index in [0.29, 0.717) is 17.8 Å². The maximum Gasteiger partial charge on any atom is 0.389 e. The molecule has 1 N–H and O–H groups in total. The fourth-order valence-corrected chi connectivity index (χ4v) is 2.89. The maximum atomic E-state index is 12.2. The van der Waals surface area contributed by atoms with E-state index < -0.39 is 12.6 Å². The Bertz CT molecular complexity index is 227. The van der Waals surface area contributed by atoms with Crippen LogP contribution in [0.5, 0.6) is 0 Å². The van der Waals surface area contributed by atoms with Crippen molar-refractivity contribution >= 4 is 0 Å². The van der Waals surface area contributed by atoms with Crippen molar-refractivity contribution in [2.24, 2.45) is 17.8 Å². The molecule has 102 valence electrons. The molecule has 0 spiro atoms. The normalized spacial score (nSPS) is 32.5. The Balaban J connectivity index is 2.45. The summed E-state index contributed by atoms with van der Waals surface area (Å²) >= 11 is 0. The molecule has 0 bridgehead atoms. The summed E-state index contributed by atoms with van der Waals surface area (Å²) in [6.45, 7) is 4.46. The van der Waals surface area contributed by atoms with Gasteiger partial charge >= 0.3 is 6.18 Å². The average Bonchev–Trinajstić information content (AvgIpc) is 2.22. The third kappa shape index (κ3) is 4.86. The number of halogens is 3. The van der Waals surface area contributed by atoms with Crippen LogP contribution in [0.1, 0.15) is 46.0 Å². The lowest BCUT2D eigenvalue weighted by Gasteiger charge is -2.36. The summed E-state index contributed by atoms with van der Waals surface area (Å²) in [4.78, 5) is 0. The molecule has 1 fully saturated rings. The minimum absolute atomic E-state index is 0.0200. The summed E-state index contributed by atoms with van der Waals surface area (Å²) in [7, 11) is 1.78. The highest BCUT2D eigenvalue weighted by Crippen LogP contribution is 2.36. The van der Waals surface area contributed by atoms with Crippen molar-refractivity contribution in [3.05, 3.63) is 0 Å². The van der Waals surface area contributed by atoms with E-state index in [1.165, 1.54) is 0 Å². The summed E-state index contributed by atoms with van der Waals surface area (Å²) in [5.74, 6) is 1.76. The fourth-order valence-electron chi connectivity index (χ4n) is 2.89. The molecule has 0 aromatic carbocycles. The zero-order valence-corrected chi connectivity index (χ0v) is 11.0. The Morgan fingerprint density at radius 2 is 1.82 bits per heavy atom. The monoisotopic (exact) mass is 251 g/mol. The third-order valence-corrected chi connectivity index (χ3v) is 4.32. The smallest absolute Gasteiger partial charge is 0.317 e. The van der Waals surface area contributed by atoms with Crippen molar-refractivity contribution < 1.29 is 13.2 Å². The minimum atomic E-state index is -4.03. The lowest BCUT2D eigenvalue weighted by atomic mass is 9.72. The molecule has 0 heterocycles. The van der Waals surface area contributed by atoms with Gasteiger partial charge < -0.3 is 5.32 Å². The number of hydrogen-bond acceptors (Lipinski definition) is 1. The van der Waals surface area contributed by atoms with Gasteiger partial charge in [-0.1, -0.05) is 20.3 Å². The summed E-state index contributed by atoms with van der Waals surface area (Å²) in [6, 6.07) is 0.0200. The molecule has 4 atom stereocenters. The quantitative estimate of drug-likeness (QED) is 0.796. The van der Waals surface area contributed by atoms with Gasteiger partial charge in [-0.2, -0.15) is 13.2 Å². The standard InChI is InChI=1S/C13H24F3N/c1-9-4-5-11(8-10(9)2)12(17-3)6-7-13(14,15)16/h9-12,17H,4-8H2,1-3H3. The first kappa shape index (κ1) is 14.8. The Kier molecular flexibility index (Phi) is 5.29. The van der Waals surface area contributed by atoms with E-state index in [2.05, 4.69) is 19.2 Å². The Labute approximate surface area is 102 Å². The molecule has 1 aliphatic carbocycles. The molecule has 0 saturated heterocycles. The number of hydrogen-bond donors (Lipinski definition) is 1. The predicted molar refractivity (Wildman–Crippen MR) is 63.8 cm³/mol. The van der Waals surface area contributed by atoms with Crippen LogP contribution in [0.3, 0.4) is 0 Å². The van der Waals surface area contributed by atoms with Gasteiger partial charge in [-0.05, 0) is 44.1 Å². The summed E-state index contributed by atoms with van der Waals surface area (Å²) in [6.07, 6.45) is -1.21. The van der Waals surface area contributed by atoms with Gasteiger partial charge in [-0.3, -0.25) is 0 Å². The largest absolute Gasteiger partial charge is 0.389 e. The molecule has 4 unspecified atom stereocenters. The van der Waals surface area contributed by atoms with Crippen molar-refractivity contribution in [1.29, 1.82) is 0 Å². The van der Waals surface area contributed by atoms with Gasteiger partial charge in [0.2, 0.25) is 0 Å². The van der Waals surface area contributed by atoms with E-state index in [1.807, 2.05) is 0 Å². The topological polar surface area (TPSA) is 12.0 Å². The number of rotatable bonds is 4. The van der Waals surface area contributed by atoms with Gasteiger partial charge in [0.1, 0.15) is 0 Å². The molecule has 0 aromatic heterocycles. The van der Waals surface area contributed by atoms with E-state index in [9.17, 15) is 13.2 Å². The summed E-state index contributed by atoms with van der Waals surface area (Å²) < 4.78 is 36.7. The fraction of sp³-hybridized carbons (Fsp3) is 1.00. The van der Waals surface area contributed by atoms with E-state index in [0.717, 1.165) is 19.3 Å². The highest BCUT2D eigenvalue weighted by molar-refractivity contribution is 4.83. The molecule has 17 heavy (non-hydrogen) atoms. The van der Waals surface area contributed by atoms with Crippen LogP contribution in [0.15, 0.2) is 0 Å². The molecule has 1 aliphatic rings. The van der Waals surface area contributed by atoms with Gasteiger partial charge in [0.05, 0.1) is 0 Å². The number of nitrogens with one attached hydrogen (secondary N) is 1. The van der Waals surface area contributed by atoms with Gasteiger partial charge in [-0.25, -0.2) is 0 Å². The van der Waals surface area contributed by atoms with Crippen molar-refractivity contribution in [1.82, 2.24) is 5.32 Å². The van der Waals surface area contributed by atoms with Crippen LogP contribution in [0.2, 0.25) is 0 Å². The molecule has 0 aromatic rings. The SMILES string of the molecule is CNC(CCC(F)(F)F)C1CCC(C)C(C)C1. The lowest BCUT2D eigenvalue weighted by molar-refractivity contribution is -0.137. The van der Waals surface area contributed by atoms with Crippen LogP contribution < -0.4 is 5.32 Å². The molecular formula is C13H24F3N. The molecule has 4 heteroatoms. The highest BCUT2D eigenvalue weighted by Gasteiger charge is 2.33. The van der Waals surface area contributed by atoms with Crippen LogP contribution >= 0.6 is 0 Å². The molecule has 0 aliphatic heterocycles. The summed E-state index contributed by atoms with van der Waals surface area (Å²) in [5.41, 5.74) is 0. The Hall–Kier alpha value is -0.250. The van der Waals surface area contributed by atoms with Crippen molar-refractivity contribution in [2.45, 2.75) is 58.2 Å². The van der Waals surface area contributed by atoms with Crippen LogP contribution in [0.25, 0.3) is 0 Å². The maximum absolute atomic E-state index is 12.2. The predicted octanol–water partition coefficient (Wildman–Crippen LogP) is 3.99. The minimum Gasteiger partial charge on any atom is -0.317 e. The van der Waals surface area contributed by atoms with Crippen molar-refractivity contribution in [2.75, 3.05) is 7.05 Å². The van der Waals surface area contributed by atoms with Gasteiger partial charge in [-0.15, -0.1) is 0 Å². The van der Waals surface area contributed by atoms with E-state index >= 15 is 0 Å². The molecule has 1 saturated carbocycles. The lowest BCUT2D eigenvalue weighted by Crippen LogP contribution is -2.38. The number of alkyl halides is 3. The van der Waals surface area contributed by atoms with Crippen LogP contribution in [-0.2, 0) is 0 Å². The molecule has 0 radical (unpaired) electrons. The molecular weight excluding hydrogens is 227 g/mol. The van der Waals surface area contributed by atoms with Crippen molar-refractivity contribution in [3.8, 4) is 0 Å². The van der Waals surface area contributed by atoms with Gasteiger partial charge in [0, 0.05) is 12.5 Å². The van der Waals surface area contributed by atoms with E-state index in [1.54, 1.807) is 7.05 Å². The Morgan fingerprint density at radius 1 is 1.18 bits per heavy atom. The first-order valence-corrected chi connectivity index (χ1v) is 6.57. The van der Waals surface area contributed by atoms with Gasteiger partial charge in [0.15, 0.2) is 0 Å². The van der Waals surface area contributed by atoms with Gasteiger partial charge in [0.25, 0.3) is 0 Å². The van der Waals surface area contributed by atoms with E-state index in [-0.39, 0.29) is 12.5 Å². The summed E-state index contributed by atoms with van der Waals surface area (Å²) in [5, 5.41) is 3.08. The second kappa shape index (κ2) is 6.07. The zero-order chi connectivity index (χ0) is 13.1. The second-order valence-corrected chi connectivity index (χ2v) is 5.58. The highest BCUT2D eigenvalue weighted by atomic mass is 19.4. The van der Waals surface area contributed by atoms with Crippen LogP contribution in [0, 0.1) is 17.8 Å². The zero-order valence-electron chi connectivity index (χ0n) is 11.0. The molecule has 1 rings (SSSR count). The average molecular weight is 251 g/mol. The van der Waals surface area contributed by atoms with Crippen LogP contribution in [0.4, 0.5) is 13.2 Å². The second-order valence-electron chi connectivity index (χ2n) is 5.58. The molecule has 1 nitrogen and oxygen atoms in total. The first-order chi connectivity index (χ1) is 7.83. The Morgan fingerprint density at radius 3 is 2.29 bits per heavy atom. The molecule has 0 amide bonds. The van der Waals surface area contributed by atoms with E-state index in [4.69, 9.17) is 0 Å². The first-order valence-electron chi connectivity index (χ1n) is 6.57. The third-order valence-electron chi connectivity index (χ3n) is 4.32.